The topological polar surface area (TPSA) is 110 Å². The first kappa shape index (κ1) is 20.3. The van der Waals surface area contributed by atoms with Crippen LogP contribution in [0.1, 0.15) is 10.5 Å². The van der Waals surface area contributed by atoms with Gasteiger partial charge in [-0.3, -0.25) is 19.5 Å². The largest absolute Gasteiger partial charge is 0.457 e. The number of carbonyl (C=O) groups excluding carboxylic acids is 1. The maximum atomic E-state index is 12.7. The third-order valence-corrected chi connectivity index (χ3v) is 5.82. The Morgan fingerprint density at radius 1 is 0.968 bits per heavy atom. The van der Waals surface area contributed by atoms with E-state index in [0.717, 1.165) is 5.39 Å². The molecule has 2 aromatic heterocycles. The van der Waals surface area contributed by atoms with Gasteiger partial charge in [0, 0.05) is 37.1 Å². The van der Waals surface area contributed by atoms with Crippen LogP contribution in [0.2, 0.25) is 0 Å². The molecule has 8 nitrogen and oxygen atoms in total. The Bertz CT molecular complexity index is 1360. The highest BCUT2D eigenvalue weighted by Gasteiger charge is 2.16. The SMILES string of the molecule is CNC(=O)c1cc(Oc2ccc3c(NS(=O)(=O)c4cccnc4)cccc3c2)ccn1. The summed E-state index contributed by atoms with van der Waals surface area (Å²) in [5.74, 6) is 0.685. The first-order chi connectivity index (χ1) is 15.0. The van der Waals surface area contributed by atoms with E-state index in [9.17, 15) is 13.2 Å². The van der Waals surface area contributed by atoms with E-state index in [-0.39, 0.29) is 16.5 Å². The lowest BCUT2D eigenvalue weighted by atomic mass is 10.1. The molecule has 0 aliphatic rings. The number of aromatic nitrogens is 2. The average Bonchev–Trinajstić information content (AvgIpc) is 2.79. The maximum Gasteiger partial charge on any atom is 0.269 e. The van der Waals surface area contributed by atoms with Gasteiger partial charge < -0.3 is 10.1 Å². The molecular weight excluding hydrogens is 416 g/mol. The number of nitrogens with one attached hydrogen (secondary N) is 2. The Labute approximate surface area is 179 Å². The second-order valence-corrected chi connectivity index (χ2v) is 8.22. The number of hydrogen-bond donors (Lipinski definition) is 2. The minimum absolute atomic E-state index is 0.0802. The summed E-state index contributed by atoms with van der Waals surface area (Å²) in [6, 6.07) is 16.8. The average molecular weight is 434 g/mol. The zero-order valence-electron chi connectivity index (χ0n) is 16.4. The lowest BCUT2D eigenvalue weighted by molar-refractivity contribution is 0.0958. The van der Waals surface area contributed by atoms with Crippen LogP contribution in [0.15, 0.2) is 84.1 Å². The van der Waals surface area contributed by atoms with Gasteiger partial charge in [0.2, 0.25) is 0 Å². The molecule has 0 saturated carbocycles. The van der Waals surface area contributed by atoms with Crippen LogP contribution in [0.3, 0.4) is 0 Å². The molecule has 0 fully saturated rings. The van der Waals surface area contributed by atoms with Crippen LogP contribution in [0.5, 0.6) is 11.5 Å². The van der Waals surface area contributed by atoms with Crippen molar-refractivity contribution in [3.63, 3.8) is 0 Å². The zero-order chi connectivity index (χ0) is 21.8. The molecule has 1 amide bonds. The van der Waals surface area contributed by atoms with Crippen molar-refractivity contribution in [2.75, 3.05) is 11.8 Å². The minimum Gasteiger partial charge on any atom is -0.457 e. The standard InChI is InChI=1S/C22H18N4O4S/c1-23-22(27)21-13-17(9-11-25-21)30-16-7-8-19-15(12-16)4-2-6-20(19)26-31(28,29)18-5-3-10-24-14-18/h2-14,26H,1H3,(H,23,27). The number of rotatable bonds is 6. The van der Waals surface area contributed by atoms with Crippen molar-refractivity contribution in [2.45, 2.75) is 4.90 Å². The second-order valence-electron chi connectivity index (χ2n) is 6.54. The smallest absolute Gasteiger partial charge is 0.269 e. The monoisotopic (exact) mass is 434 g/mol. The number of fused-ring (bicyclic) bond motifs is 1. The molecule has 4 aromatic rings. The van der Waals surface area contributed by atoms with Crippen molar-refractivity contribution in [3.05, 3.63) is 84.9 Å². The van der Waals surface area contributed by atoms with E-state index in [4.69, 9.17) is 4.74 Å². The zero-order valence-corrected chi connectivity index (χ0v) is 17.3. The molecule has 0 saturated heterocycles. The van der Waals surface area contributed by atoms with E-state index in [0.29, 0.717) is 22.6 Å². The third kappa shape index (κ3) is 4.46. The molecule has 0 spiro atoms. The van der Waals surface area contributed by atoms with Crippen molar-refractivity contribution in [3.8, 4) is 11.5 Å². The first-order valence-electron chi connectivity index (χ1n) is 9.28. The highest BCUT2D eigenvalue weighted by Crippen LogP contribution is 2.30. The summed E-state index contributed by atoms with van der Waals surface area (Å²) in [5.41, 5.74) is 0.687. The van der Waals surface area contributed by atoms with Gasteiger partial charge in [0.05, 0.1) is 5.69 Å². The minimum atomic E-state index is -3.77. The fourth-order valence-corrected chi connectivity index (χ4v) is 4.03. The van der Waals surface area contributed by atoms with Crippen LogP contribution in [0.25, 0.3) is 10.8 Å². The molecule has 0 aliphatic carbocycles. The van der Waals surface area contributed by atoms with E-state index in [1.165, 1.54) is 31.7 Å². The first-order valence-corrected chi connectivity index (χ1v) is 10.8. The van der Waals surface area contributed by atoms with Crippen LogP contribution in [0.4, 0.5) is 5.69 Å². The number of amides is 1. The lowest BCUT2D eigenvalue weighted by Crippen LogP contribution is -2.18. The Kier molecular flexibility index (Phi) is 5.50. The molecule has 156 valence electrons. The van der Waals surface area contributed by atoms with E-state index in [2.05, 4.69) is 20.0 Å². The fraction of sp³-hybridized carbons (Fsp3) is 0.0455. The molecule has 0 radical (unpaired) electrons. The summed E-state index contributed by atoms with van der Waals surface area (Å²) < 4.78 is 33.8. The maximum absolute atomic E-state index is 12.7. The molecule has 9 heteroatoms. The van der Waals surface area contributed by atoms with Gasteiger partial charge in [0.1, 0.15) is 22.1 Å². The van der Waals surface area contributed by atoms with Gasteiger partial charge >= 0.3 is 0 Å². The van der Waals surface area contributed by atoms with Gasteiger partial charge in [-0.1, -0.05) is 12.1 Å². The van der Waals surface area contributed by atoms with Crippen molar-refractivity contribution >= 4 is 32.4 Å². The molecule has 0 aliphatic heterocycles. The Balaban J connectivity index is 1.62. The highest BCUT2D eigenvalue weighted by molar-refractivity contribution is 7.92. The van der Waals surface area contributed by atoms with Gasteiger partial charge in [-0.05, 0) is 47.9 Å². The number of benzene rings is 2. The predicted molar refractivity (Wildman–Crippen MR) is 117 cm³/mol. The number of ether oxygens (including phenoxy) is 1. The third-order valence-electron chi connectivity index (χ3n) is 4.47. The van der Waals surface area contributed by atoms with Crippen molar-refractivity contribution in [1.82, 2.24) is 15.3 Å². The van der Waals surface area contributed by atoms with Gasteiger partial charge in [0.15, 0.2) is 0 Å². The lowest BCUT2D eigenvalue weighted by Gasteiger charge is -2.12. The summed E-state index contributed by atoms with van der Waals surface area (Å²) in [6.45, 7) is 0. The number of anilines is 1. The number of nitrogens with zero attached hydrogens (tertiary/aromatic N) is 2. The van der Waals surface area contributed by atoms with Crippen molar-refractivity contribution < 1.29 is 17.9 Å². The molecule has 2 heterocycles. The second kappa shape index (κ2) is 8.41. The number of pyridine rings is 2. The molecule has 0 atom stereocenters. The molecule has 2 N–H and O–H groups in total. The van der Waals surface area contributed by atoms with Crippen LogP contribution in [-0.2, 0) is 10.0 Å². The van der Waals surface area contributed by atoms with Gasteiger partial charge in [-0.15, -0.1) is 0 Å². The number of hydrogen-bond acceptors (Lipinski definition) is 6. The Hall–Kier alpha value is -3.98. The quantitative estimate of drug-likeness (QED) is 0.480. The summed E-state index contributed by atoms with van der Waals surface area (Å²) in [7, 11) is -2.24. The molecule has 0 unspecified atom stereocenters. The van der Waals surface area contributed by atoms with E-state index in [1.807, 2.05) is 6.07 Å². The molecule has 2 aromatic carbocycles. The number of sulfonamides is 1. The van der Waals surface area contributed by atoms with Crippen LogP contribution in [0, 0.1) is 0 Å². The molecule has 31 heavy (non-hydrogen) atoms. The Morgan fingerprint density at radius 3 is 2.58 bits per heavy atom. The van der Waals surface area contributed by atoms with Gasteiger partial charge in [-0.2, -0.15) is 0 Å². The summed E-state index contributed by atoms with van der Waals surface area (Å²) in [6.07, 6.45) is 4.30. The summed E-state index contributed by atoms with van der Waals surface area (Å²) in [5, 5.41) is 4.01. The molecular formula is C22H18N4O4S. The number of carbonyl (C=O) groups is 1. The van der Waals surface area contributed by atoms with Crippen LogP contribution in [-0.4, -0.2) is 31.3 Å². The van der Waals surface area contributed by atoms with Crippen molar-refractivity contribution in [2.24, 2.45) is 0 Å². The fourth-order valence-electron chi connectivity index (χ4n) is 2.99. The predicted octanol–water partition coefficient (Wildman–Crippen LogP) is 3.58. The van der Waals surface area contributed by atoms with Crippen molar-refractivity contribution in [1.29, 1.82) is 0 Å². The highest BCUT2D eigenvalue weighted by atomic mass is 32.2. The summed E-state index contributed by atoms with van der Waals surface area (Å²) in [4.78, 5) is 19.7. The molecule has 4 rings (SSSR count). The van der Waals surface area contributed by atoms with Gasteiger partial charge in [-0.25, -0.2) is 8.42 Å². The molecule has 0 bridgehead atoms. The van der Waals surface area contributed by atoms with E-state index < -0.39 is 10.0 Å². The Morgan fingerprint density at radius 2 is 1.81 bits per heavy atom. The van der Waals surface area contributed by atoms with Crippen LogP contribution < -0.4 is 14.8 Å². The van der Waals surface area contributed by atoms with E-state index in [1.54, 1.807) is 48.5 Å². The van der Waals surface area contributed by atoms with Gasteiger partial charge in [0.25, 0.3) is 15.9 Å². The van der Waals surface area contributed by atoms with E-state index >= 15 is 0 Å². The normalized spacial score (nSPS) is 11.1. The van der Waals surface area contributed by atoms with Crippen LogP contribution >= 0.6 is 0 Å². The summed E-state index contributed by atoms with van der Waals surface area (Å²) >= 11 is 0.